The molecule has 2 heterocycles. The number of amides is 1. The van der Waals surface area contributed by atoms with E-state index in [2.05, 4.69) is 15.4 Å². The molecule has 0 spiro atoms. The van der Waals surface area contributed by atoms with Crippen LogP contribution in [0.5, 0.6) is 5.75 Å². The monoisotopic (exact) mass is 350 g/mol. The van der Waals surface area contributed by atoms with Gasteiger partial charge in [-0.05, 0) is 45.0 Å². The van der Waals surface area contributed by atoms with E-state index in [9.17, 15) is 4.79 Å². The fourth-order valence-electron chi connectivity index (χ4n) is 2.73. The number of ether oxygens (including phenoxy) is 1. The number of carbonyl (C=O) groups excluding carboxylic acids is 1. The van der Waals surface area contributed by atoms with Gasteiger partial charge in [0, 0.05) is 24.0 Å². The van der Waals surface area contributed by atoms with E-state index in [1.165, 1.54) is 0 Å². The van der Waals surface area contributed by atoms with E-state index in [-0.39, 0.29) is 5.91 Å². The van der Waals surface area contributed by atoms with Crippen molar-refractivity contribution in [3.05, 3.63) is 71.2 Å². The summed E-state index contributed by atoms with van der Waals surface area (Å²) in [6.07, 6.45) is 1.57. The van der Waals surface area contributed by atoms with Crippen molar-refractivity contribution in [2.24, 2.45) is 0 Å². The van der Waals surface area contributed by atoms with Crippen molar-refractivity contribution in [2.45, 2.75) is 27.3 Å². The van der Waals surface area contributed by atoms with E-state index < -0.39 is 0 Å². The van der Waals surface area contributed by atoms with E-state index in [1.54, 1.807) is 23.0 Å². The Labute approximate surface area is 152 Å². The van der Waals surface area contributed by atoms with Crippen LogP contribution in [0.4, 0.5) is 0 Å². The molecule has 0 fully saturated rings. The van der Waals surface area contributed by atoms with Gasteiger partial charge in [0.05, 0.1) is 17.9 Å². The summed E-state index contributed by atoms with van der Waals surface area (Å²) in [4.78, 5) is 16.8. The lowest BCUT2D eigenvalue weighted by Crippen LogP contribution is -2.23. The molecule has 26 heavy (non-hydrogen) atoms. The first-order valence-electron chi connectivity index (χ1n) is 8.57. The van der Waals surface area contributed by atoms with Crippen LogP contribution in [0, 0.1) is 13.8 Å². The van der Waals surface area contributed by atoms with Crippen molar-refractivity contribution in [1.29, 1.82) is 0 Å². The van der Waals surface area contributed by atoms with Crippen molar-refractivity contribution in [3.8, 4) is 11.6 Å². The lowest BCUT2D eigenvalue weighted by molar-refractivity contribution is 0.0950. The number of nitrogens with one attached hydrogen (secondary N) is 1. The molecule has 0 saturated heterocycles. The number of rotatable bonds is 6. The Morgan fingerprint density at radius 2 is 2.00 bits per heavy atom. The van der Waals surface area contributed by atoms with Crippen LogP contribution in [-0.2, 0) is 6.54 Å². The summed E-state index contributed by atoms with van der Waals surface area (Å²) < 4.78 is 7.34. The van der Waals surface area contributed by atoms with Gasteiger partial charge in [-0.3, -0.25) is 4.79 Å². The molecule has 6 nitrogen and oxygen atoms in total. The Balaban J connectivity index is 1.68. The van der Waals surface area contributed by atoms with Crippen LogP contribution in [0.1, 0.15) is 34.2 Å². The number of aryl methyl sites for hydroxylation is 2. The predicted octanol–water partition coefficient (Wildman–Crippen LogP) is 3.21. The second kappa shape index (κ2) is 7.82. The van der Waals surface area contributed by atoms with Crippen LogP contribution in [0.25, 0.3) is 5.82 Å². The molecule has 1 N–H and O–H groups in total. The molecular formula is C20H22N4O2. The Kier molecular flexibility index (Phi) is 5.31. The zero-order valence-corrected chi connectivity index (χ0v) is 15.2. The van der Waals surface area contributed by atoms with Gasteiger partial charge in [0.25, 0.3) is 5.91 Å². The number of hydrogen-bond acceptors (Lipinski definition) is 4. The largest absolute Gasteiger partial charge is 0.494 e. The zero-order valence-electron chi connectivity index (χ0n) is 15.2. The fourth-order valence-corrected chi connectivity index (χ4v) is 2.73. The maximum absolute atomic E-state index is 12.4. The Bertz CT molecular complexity index is 900. The fraction of sp³-hybridized carbons (Fsp3) is 0.250. The highest BCUT2D eigenvalue weighted by Crippen LogP contribution is 2.17. The number of carbonyl (C=O) groups is 1. The second-order valence-electron chi connectivity index (χ2n) is 5.97. The van der Waals surface area contributed by atoms with Crippen molar-refractivity contribution < 1.29 is 9.53 Å². The highest BCUT2D eigenvalue weighted by Gasteiger charge is 2.10. The maximum atomic E-state index is 12.4. The van der Waals surface area contributed by atoms with E-state index in [0.29, 0.717) is 24.5 Å². The number of pyridine rings is 1. The van der Waals surface area contributed by atoms with Crippen molar-refractivity contribution in [3.63, 3.8) is 0 Å². The van der Waals surface area contributed by atoms with Gasteiger partial charge in [0.2, 0.25) is 0 Å². The molecular weight excluding hydrogens is 328 g/mol. The van der Waals surface area contributed by atoms with Crippen LogP contribution in [0.15, 0.2) is 48.7 Å². The quantitative estimate of drug-likeness (QED) is 0.741. The van der Waals surface area contributed by atoms with E-state index >= 15 is 0 Å². The van der Waals surface area contributed by atoms with Gasteiger partial charge in [-0.2, -0.15) is 5.10 Å². The second-order valence-corrected chi connectivity index (χ2v) is 5.97. The molecule has 0 aliphatic heterocycles. The molecule has 0 aliphatic rings. The van der Waals surface area contributed by atoms with Gasteiger partial charge in [-0.15, -0.1) is 0 Å². The SMILES string of the molecule is CCOc1ccccc1CNC(=O)c1ccc(-n2nc(C)cc2C)nc1. The van der Waals surface area contributed by atoms with Gasteiger partial charge in [-0.25, -0.2) is 9.67 Å². The van der Waals surface area contributed by atoms with Crippen LogP contribution in [0.3, 0.4) is 0 Å². The van der Waals surface area contributed by atoms with Crippen molar-refractivity contribution >= 4 is 5.91 Å². The first kappa shape index (κ1) is 17.7. The van der Waals surface area contributed by atoms with E-state index in [1.807, 2.05) is 51.1 Å². The predicted molar refractivity (Wildman–Crippen MR) is 99.6 cm³/mol. The molecule has 2 aromatic heterocycles. The smallest absolute Gasteiger partial charge is 0.253 e. The molecule has 3 aromatic rings. The first-order valence-corrected chi connectivity index (χ1v) is 8.57. The van der Waals surface area contributed by atoms with Crippen molar-refractivity contribution in [1.82, 2.24) is 20.1 Å². The summed E-state index contributed by atoms with van der Waals surface area (Å²) in [5, 5.41) is 7.31. The number of aromatic nitrogens is 3. The molecule has 134 valence electrons. The number of hydrogen-bond donors (Lipinski definition) is 1. The first-order chi connectivity index (χ1) is 12.6. The Hall–Kier alpha value is -3.15. The van der Waals surface area contributed by atoms with Crippen LogP contribution in [0.2, 0.25) is 0 Å². The standard InChI is InChI=1S/C20H22N4O2/c1-4-26-18-8-6-5-7-16(18)12-22-20(25)17-9-10-19(21-13-17)24-15(3)11-14(2)23-24/h5-11,13H,4,12H2,1-3H3,(H,22,25). The molecule has 0 atom stereocenters. The van der Waals surface area contributed by atoms with Crippen LogP contribution in [-0.4, -0.2) is 27.3 Å². The molecule has 3 rings (SSSR count). The third-order valence-corrected chi connectivity index (χ3v) is 3.95. The molecule has 6 heteroatoms. The summed E-state index contributed by atoms with van der Waals surface area (Å²) in [7, 11) is 0. The molecule has 0 bridgehead atoms. The van der Waals surface area contributed by atoms with Gasteiger partial charge >= 0.3 is 0 Å². The third-order valence-electron chi connectivity index (χ3n) is 3.95. The molecule has 0 aliphatic carbocycles. The summed E-state index contributed by atoms with van der Waals surface area (Å²) in [5.41, 5.74) is 3.37. The van der Waals surface area contributed by atoms with Gasteiger partial charge < -0.3 is 10.1 Å². The minimum atomic E-state index is -0.177. The lowest BCUT2D eigenvalue weighted by Gasteiger charge is -2.11. The number of para-hydroxylation sites is 1. The van der Waals surface area contributed by atoms with Crippen LogP contribution >= 0.6 is 0 Å². The maximum Gasteiger partial charge on any atom is 0.253 e. The molecule has 1 amide bonds. The van der Waals surface area contributed by atoms with Crippen molar-refractivity contribution in [2.75, 3.05) is 6.61 Å². The van der Waals surface area contributed by atoms with Crippen LogP contribution < -0.4 is 10.1 Å². The molecule has 0 unspecified atom stereocenters. The average Bonchev–Trinajstić information content (AvgIpc) is 2.99. The van der Waals surface area contributed by atoms with Gasteiger partial charge in [-0.1, -0.05) is 18.2 Å². The summed E-state index contributed by atoms with van der Waals surface area (Å²) in [6, 6.07) is 13.2. The minimum absolute atomic E-state index is 0.177. The summed E-state index contributed by atoms with van der Waals surface area (Å²) in [5.74, 6) is 1.30. The highest BCUT2D eigenvalue weighted by molar-refractivity contribution is 5.93. The molecule has 0 radical (unpaired) electrons. The average molecular weight is 350 g/mol. The third kappa shape index (κ3) is 3.91. The normalized spacial score (nSPS) is 10.6. The topological polar surface area (TPSA) is 69.0 Å². The number of benzene rings is 1. The Morgan fingerprint density at radius 3 is 2.65 bits per heavy atom. The molecule has 1 aromatic carbocycles. The lowest BCUT2D eigenvalue weighted by atomic mass is 10.2. The van der Waals surface area contributed by atoms with Gasteiger partial charge in [0.15, 0.2) is 5.82 Å². The molecule has 0 saturated carbocycles. The minimum Gasteiger partial charge on any atom is -0.494 e. The summed E-state index contributed by atoms with van der Waals surface area (Å²) >= 11 is 0. The Morgan fingerprint density at radius 1 is 1.19 bits per heavy atom. The summed E-state index contributed by atoms with van der Waals surface area (Å²) in [6.45, 7) is 6.83. The zero-order chi connectivity index (χ0) is 18.5. The van der Waals surface area contributed by atoms with E-state index in [4.69, 9.17) is 4.74 Å². The van der Waals surface area contributed by atoms with Gasteiger partial charge in [0.1, 0.15) is 5.75 Å². The highest BCUT2D eigenvalue weighted by atomic mass is 16.5. The number of nitrogens with zero attached hydrogens (tertiary/aromatic N) is 3. The van der Waals surface area contributed by atoms with E-state index in [0.717, 1.165) is 22.7 Å².